The Balaban J connectivity index is 1.91. The quantitative estimate of drug-likeness (QED) is 0.615. The van der Waals surface area contributed by atoms with E-state index >= 15 is 0 Å². The van der Waals surface area contributed by atoms with Crippen LogP contribution in [0.1, 0.15) is 35.1 Å². The molecule has 0 atom stereocenters. The summed E-state index contributed by atoms with van der Waals surface area (Å²) in [6, 6.07) is 19.4. The smallest absolute Gasteiger partial charge is 0.138 e. The minimum atomic E-state index is 1.00. The topological polar surface area (TPSA) is 17.3 Å². The lowest BCUT2D eigenvalue weighted by Crippen LogP contribution is -2.22. The van der Waals surface area contributed by atoms with Crippen LogP contribution in [0.15, 0.2) is 65.8 Å². The van der Waals surface area contributed by atoms with Crippen molar-refractivity contribution in [3.63, 3.8) is 0 Å². The zero-order valence-electron chi connectivity index (χ0n) is 15.0. The van der Waals surface area contributed by atoms with Crippen LogP contribution in [0.2, 0.25) is 0 Å². The molecular formula is C23H24N2. The predicted molar refractivity (Wildman–Crippen MR) is 104 cm³/mol. The molecule has 4 rings (SSSR count). The van der Waals surface area contributed by atoms with Gasteiger partial charge in [-0.2, -0.15) is 0 Å². The van der Waals surface area contributed by atoms with E-state index in [2.05, 4.69) is 79.2 Å². The van der Waals surface area contributed by atoms with E-state index in [0.29, 0.717) is 0 Å². The van der Waals surface area contributed by atoms with Crippen molar-refractivity contribution in [3.05, 3.63) is 88.5 Å². The second-order valence-electron chi connectivity index (χ2n) is 7.04. The van der Waals surface area contributed by atoms with E-state index in [0.717, 1.165) is 11.2 Å². The monoisotopic (exact) mass is 328 g/mol. The van der Waals surface area contributed by atoms with Crippen LogP contribution in [0, 0.1) is 13.8 Å². The maximum atomic E-state index is 4.95. The summed E-state index contributed by atoms with van der Waals surface area (Å²) < 4.78 is 2.24. The highest BCUT2D eigenvalue weighted by molar-refractivity contribution is 5.41. The maximum Gasteiger partial charge on any atom is 0.138 e. The first-order valence-corrected chi connectivity index (χ1v) is 9.12. The third-order valence-corrected chi connectivity index (χ3v) is 4.98. The third-order valence-electron chi connectivity index (χ3n) is 4.98. The molecule has 0 N–H and O–H groups in total. The molecule has 0 amide bonds. The van der Waals surface area contributed by atoms with Gasteiger partial charge in [0.05, 0.1) is 5.69 Å². The molecule has 0 unspecified atom stereocenters. The van der Waals surface area contributed by atoms with Crippen molar-refractivity contribution in [2.75, 3.05) is 0 Å². The highest BCUT2D eigenvalue weighted by atomic mass is 15.0. The molecule has 1 aromatic heterocycles. The van der Waals surface area contributed by atoms with E-state index in [1.54, 1.807) is 0 Å². The van der Waals surface area contributed by atoms with Crippen LogP contribution in [0.25, 0.3) is 5.69 Å². The summed E-state index contributed by atoms with van der Waals surface area (Å²) in [4.78, 5) is 4.95. The Morgan fingerprint density at radius 2 is 1.36 bits per heavy atom. The van der Waals surface area contributed by atoms with Gasteiger partial charge in [-0.15, -0.1) is 0 Å². The van der Waals surface area contributed by atoms with Crippen LogP contribution < -0.4 is 5.49 Å². The normalized spacial score (nSPS) is 14.4. The average Bonchev–Trinajstić information content (AvgIpc) is 2.64. The van der Waals surface area contributed by atoms with Gasteiger partial charge in [0.25, 0.3) is 0 Å². The average molecular weight is 328 g/mol. The molecule has 1 aliphatic carbocycles. The predicted octanol–water partition coefficient (Wildman–Crippen LogP) is 5.21. The molecule has 0 fully saturated rings. The van der Waals surface area contributed by atoms with E-state index in [1.807, 2.05) is 0 Å². The minimum absolute atomic E-state index is 1.00. The molecular weight excluding hydrogens is 304 g/mol. The van der Waals surface area contributed by atoms with Gasteiger partial charge in [0, 0.05) is 11.9 Å². The molecule has 126 valence electrons. The molecule has 0 bridgehead atoms. The fourth-order valence-corrected chi connectivity index (χ4v) is 3.46. The SMILES string of the molecule is Cc1ccc(N=c2cc3c(cn2-c2ccc(C)cc2)CCCC3)cc1. The molecule has 0 spiro atoms. The first-order chi connectivity index (χ1) is 12.2. The first kappa shape index (κ1) is 15.9. The number of fused-ring (bicyclic) bond motifs is 1. The number of nitrogens with zero attached hydrogens (tertiary/aromatic N) is 2. The lowest BCUT2D eigenvalue weighted by atomic mass is 9.93. The van der Waals surface area contributed by atoms with Gasteiger partial charge in [0.2, 0.25) is 0 Å². The van der Waals surface area contributed by atoms with Crippen LogP contribution >= 0.6 is 0 Å². The molecule has 0 radical (unpaired) electrons. The Bertz CT molecular complexity index is 945. The van der Waals surface area contributed by atoms with Crippen molar-refractivity contribution in [2.24, 2.45) is 4.99 Å². The lowest BCUT2D eigenvalue weighted by Gasteiger charge is -2.19. The molecule has 2 nitrogen and oxygen atoms in total. The minimum Gasteiger partial charge on any atom is -0.302 e. The second-order valence-corrected chi connectivity index (χ2v) is 7.04. The van der Waals surface area contributed by atoms with Crippen molar-refractivity contribution in [1.29, 1.82) is 0 Å². The van der Waals surface area contributed by atoms with E-state index in [4.69, 9.17) is 4.99 Å². The third kappa shape index (κ3) is 3.43. The molecule has 3 aromatic rings. The number of aromatic nitrogens is 1. The maximum absolute atomic E-state index is 4.95. The number of hydrogen-bond donors (Lipinski definition) is 0. The molecule has 1 aliphatic rings. The fraction of sp³-hybridized carbons (Fsp3) is 0.261. The first-order valence-electron chi connectivity index (χ1n) is 9.12. The van der Waals surface area contributed by atoms with Gasteiger partial charge < -0.3 is 4.57 Å². The Hall–Kier alpha value is -2.61. The molecule has 0 saturated carbocycles. The van der Waals surface area contributed by atoms with Crippen LogP contribution in [-0.2, 0) is 12.8 Å². The number of hydrogen-bond acceptors (Lipinski definition) is 1. The lowest BCUT2D eigenvalue weighted by molar-refractivity contribution is 0.674. The van der Waals surface area contributed by atoms with Crippen LogP contribution in [0.3, 0.4) is 0 Å². The van der Waals surface area contributed by atoms with Crippen molar-refractivity contribution in [3.8, 4) is 5.69 Å². The Kier molecular flexibility index (Phi) is 4.27. The van der Waals surface area contributed by atoms with Crippen molar-refractivity contribution in [1.82, 2.24) is 4.57 Å². The largest absolute Gasteiger partial charge is 0.302 e. The van der Waals surface area contributed by atoms with E-state index in [9.17, 15) is 0 Å². The van der Waals surface area contributed by atoms with Crippen LogP contribution in [0.5, 0.6) is 0 Å². The summed E-state index contributed by atoms with van der Waals surface area (Å²) in [5.41, 5.74) is 8.64. The highest BCUT2D eigenvalue weighted by Crippen LogP contribution is 2.21. The summed E-state index contributed by atoms with van der Waals surface area (Å²) in [6.45, 7) is 4.23. The Labute approximate surface area is 149 Å². The number of rotatable bonds is 2. The number of pyridine rings is 1. The summed E-state index contributed by atoms with van der Waals surface area (Å²) in [5, 5.41) is 0. The molecule has 2 heteroatoms. The summed E-state index contributed by atoms with van der Waals surface area (Å²) in [5.74, 6) is 0. The van der Waals surface area contributed by atoms with Crippen molar-refractivity contribution >= 4 is 5.69 Å². The number of aryl methyl sites for hydroxylation is 4. The highest BCUT2D eigenvalue weighted by Gasteiger charge is 2.11. The molecule has 0 saturated heterocycles. The van der Waals surface area contributed by atoms with Gasteiger partial charge in [-0.1, -0.05) is 35.4 Å². The Morgan fingerprint density at radius 1 is 0.760 bits per heavy atom. The molecule has 2 aromatic carbocycles. The fourth-order valence-electron chi connectivity index (χ4n) is 3.46. The zero-order chi connectivity index (χ0) is 17.2. The van der Waals surface area contributed by atoms with Crippen LogP contribution in [0.4, 0.5) is 5.69 Å². The van der Waals surface area contributed by atoms with Gasteiger partial charge in [0.15, 0.2) is 0 Å². The second kappa shape index (κ2) is 6.72. The van der Waals surface area contributed by atoms with Crippen molar-refractivity contribution < 1.29 is 0 Å². The number of benzene rings is 2. The molecule has 25 heavy (non-hydrogen) atoms. The zero-order valence-corrected chi connectivity index (χ0v) is 15.0. The standard InChI is InChI=1S/C23H24N2/c1-17-7-11-21(12-8-17)24-23-15-19-5-3-4-6-20(19)16-25(23)22-13-9-18(2)10-14-22/h7-16H,3-6H2,1-2H3. The van der Waals surface area contributed by atoms with Gasteiger partial charge in [0.1, 0.15) is 5.49 Å². The Morgan fingerprint density at radius 3 is 2.04 bits per heavy atom. The summed E-state index contributed by atoms with van der Waals surface area (Å²) in [7, 11) is 0. The van der Waals surface area contributed by atoms with E-state index in [-0.39, 0.29) is 0 Å². The van der Waals surface area contributed by atoms with Gasteiger partial charge in [-0.3, -0.25) is 0 Å². The van der Waals surface area contributed by atoms with Gasteiger partial charge >= 0.3 is 0 Å². The van der Waals surface area contributed by atoms with E-state index in [1.165, 1.54) is 53.6 Å². The van der Waals surface area contributed by atoms with Crippen molar-refractivity contribution in [2.45, 2.75) is 39.5 Å². The van der Waals surface area contributed by atoms with Gasteiger partial charge in [-0.05, 0) is 81.0 Å². The van der Waals surface area contributed by atoms with Gasteiger partial charge in [-0.25, -0.2) is 4.99 Å². The summed E-state index contributed by atoms with van der Waals surface area (Å²) >= 11 is 0. The molecule has 0 aliphatic heterocycles. The molecule has 1 heterocycles. The summed E-state index contributed by atoms with van der Waals surface area (Å²) in [6.07, 6.45) is 7.21. The van der Waals surface area contributed by atoms with E-state index < -0.39 is 0 Å². The van der Waals surface area contributed by atoms with Crippen LogP contribution in [-0.4, -0.2) is 4.57 Å².